The average molecular weight is 375 g/mol. The molecule has 8 nitrogen and oxygen atoms in total. The van der Waals surface area contributed by atoms with Gasteiger partial charge in [-0.2, -0.15) is 0 Å². The molecule has 0 radical (unpaired) electrons. The van der Waals surface area contributed by atoms with E-state index in [1.807, 2.05) is 0 Å². The normalized spacial score (nSPS) is 12.9. The molecule has 0 saturated carbocycles. The van der Waals surface area contributed by atoms with Gasteiger partial charge in [-0.1, -0.05) is 12.1 Å². The Labute approximate surface area is 149 Å². The van der Waals surface area contributed by atoms with Crippen molar-refractivity contribution < 1.29 is 17.6 Å². The highest BCUT2D eigenvalue weighted by atomic mass is 32.2. The van der Waals surface area contributed by atoms with Gasteiger partial charge in [0.15, 0.2) is 9.84 Å². The van der Waals surface area contributed by atoms with Crippen LogP contribution in [0, 0.1) is 6.92 Å². The van der Waals surface area contributed by atoms with Gasteiger partial charge in [0.2, 0.25) is 5.71 Å². The number of benzene rings is 1. The predicted molar refractivity (Wildman–Crippen MR) is 94.8 cm³/mol. The second-order valence-corrected chi connectivity index (χ2v) is 8.00. The first-order chi connectivity index (χ1) is 12.2. The number of hydrogen-bond acceptors (Lipinski definition) is 6. The second kappa shape index (κ2) is 6.41. The van der Waals surface area contributed by atoms with Crippen LogP contribution in [0.2, 0.25) is 0 Å². The molecule has 9 heteroatoms. The first-order valence-corrected chi connectivity index (χ1v) is 9.65. The monoisotopic (exact) mass is 375 g/mol. The molecule has 3 rings (SSSR count). The number of aryl methyl sites for hydroxylation is 1. The Morgan fingerprint density at radius 2 is 1.92 bits per heavy atom. The molecule has 0 aliphatic rings. The van der Waals surface area contributed by atoms with Crippen LogP contribution in [0.1, 0.15) is 34.6 Å². The van der Waals surface area contributed by atoms with Crippen molar-refractivity contribution in [3.8, 4) is 0 Å². The molecule has 2 N–H and O–H groups in total. The van der Waals surface area contributed by atoms with Crippen molar-refractivity contribution >= 4 is 26.8 Å². The Bertz CT molecular complexity index is 1140. The van der Waals surface area contributed by atoms with Crippen LogP contribution in [0.25, 0.3) is 11.1 Å². The number of furan rings is 1. The van der Waals surface area contributed by atoms with E-state index in [0.717, 1.165) is 11.8 Å². The van der Waals surface area contributed by atoms with Crippen LogP contribution in [-0.4, -0.2) is 30.5 Å². The molecule has 1 amide bonds. The lowest BCUT2D eigenvalue weighted by atomic mass is 10.1. The second-order valence-electron chi connectivity index (χ2n) is 5.98. The molecule has 0 fully saturated rings. The van der Waals surface area contributed by atoms with Crippen molar-refractivity contribution in [2.45, 2.75) is 24.8 Å². The van der Waals surface area contributed by atoms with Crippen LogP contribution in [0.15, 0.2) is 44.7 Å². The highest BCUT2D eigenvalue weighted by Gasteiger charge is 2.23. The van der Waals surface area contributed by atoms with E-state index < -0.39 is 27.3 Å². The highest BCUT2D eigenvalue weighted by molar-refractivity contribution is 7.90. The maximum absolute atomic E-state index is 12.7. The molecule has 26 heavy (non-hydrogen) atoms. The number of sulfone groups is 1. The summed E-state index contributed by atoms with van der Waals surface area (Å²) in [6, 6.07) is 5.84. The lowest BCUT2D eigenvalue weighted by Gasteiger charge is -2.14. The van der Waals surface area contributed by atoms with E-state index in [4.69, 9.17) is 4.42 Å². The van der Waals surface area contributed by atoms with E-state index in [1.54, 1.807) is 26.0 Å². The lowest BCUT2D eigenvalue weighted by Crippen LogP contribution is -2.28. The number of carbonyl (C=O) groups is 1. The van der Waals surface area contributed by atoms with Crippen LogP contribution >= 0.6 is 0 Å². The summed E-state index contributed by atoms with van der Waals surface area (Å²) in [7, 11) is -3.28. The minimum absolute atomic E-state index is 0.0987. The van der Waals surface area contributed by atoms with Gasteiger partial charge >= 0.3 is 0 Å². The molecular weight excluding hydrogens is 358 g/mol. The van der Waals surface area contributed by atoms with Gasteiger partial charge in [0, 0.05) is 6.26 Å². The summed E-state index contributed by atoms with van der Waals surface area (Å²) in [5, 5.41) is 2.89. The van der Waals surface area contributed by atoms with E-state index >= 15 is 0 Å². The summed E-state index contributed by atoms with van der Waals surface area (Å²) >= 11 is 0. The minimum Gasteiger partial charge on any atom is -0.442 e. The predicted octanol–water partition coefficient (Wildman–Crippen LogP) is 1.72. The molecule has 1 atom stereocenters. The SMILES string of the molecule is Cc1oc2nc[nH]c(=O)c2c1C(=O)N[C@@H](C)c1ccc(S(C)(=O)=O)cc1. The van der Waals surface area contributed by atoms with Crippen LogP contribution in [0.4, 0.5) is 0 Å². The smallest absolute Gasteiger partial charge is 0.262 e. The Morgan fingerprint density at radius 1 is 1.27 bits per heavy atom. The molecule has 0 bridgehead atoms. The van der Waals surface area contributed by atoms with Crippen molar-refractivity contribution in [3.63, 3.8) is 0 Å². The van der Waals surface area contributed by atoms with Crippen LogP contribution in [-0.2, 0) is 9.84 Å². The molecule has 1 aromatic carbocycles. The zero-order chi connectivity index (χ0) is 19.1. The van der Waals surface area contributed by atoms with E-state index in [2.05, 4.69) is 15.3 Å². The van der Waals surface area contributed by atoms with Crippen LogP contribution < -0.4 is 10.9 Å². The van der Waals surface area contributed by atoms with Gasteiger partial charge in [-0.05, 0) is 31.5 Å². The largest absolute Gasteiger partial charge is 0.442 e. The summed E-state index contributed by atoms with van der Waals surface area (Å²) in [6.07, 6.45) is 2.34. The third kappa shape index (κ3) is 3.25. The number of nitrogens with one attached hydrogen (secondary N) is 2. The van der Waals surface area contributed by atoms with Gasteiger partial charge in [-0.25, -0.2) is 13.4 Å². The number of fused-ring (bicyclic) bond motifs is 1. The van der Waals surface area contributed by atoms with E-state index in [0.29, 0.717) is 5.76 Å². The van der Waals surface area contributed by atoms with Gasteiger partial charge in [0.05, 0.1) is 22.8 Å². The fourth-order valence-corrected chi connectivity index (χ4v) is 3.31. The summed E-state index contributed by atoms with van der Waals surface area (Å²) in [6.45, 7) is 3.34. The Kier molecular flexibility index (Phi) is 4.41. The van der Waals surface area contributed by atoms with Gasteiger partial charge in [0.1, 0.15) is 11.1 Å². The summed E-state index contributed by atoms with van der Waals surface area (Å²) in [5.41, 5.74) is 0.501. The number of amides is 1. The molecule has 0 aliphatic heterocycles. The number of aromatic amines is 1. The molecular formula is C17H17N3O5S. The number of rotatable bonds is 4. The number of H-pyrrole nitrogens is 1. The fourth-order valence-electron chi connectivity index (χ4n) is 2.68. The minimum atomic E-state index is -3.28. The first kappa shape index (κ1) is 17.9. The quantitative estimate of drug-likeness (QED) is 0.716. The van der Waals surface area contributed by atoms with Gasteiger partial charge in [-0.3, -0.25) is 9.59 Å². The third-order valence-corrected chi connectivity index (χ3v) is 5.18. The zero-order valence-corrected chi connectivity index (χ0v) is 15.2. The summed E-state index contributed by atoms with van der Waals surface area (Å²) in [5.74, 6) is -0.180. The maximum Gasteiger partial charge on any atom is 0.262 e. The first-order valence-electron chi connectivity index (χ1n) is 7.76. The van der Waals surface area contributed by atoms with Crippen molar-refractivity contribution in [1.82, 2.24) is 15.3 Å². The summed E-state index contributed by atoms with van der Waals surface area (Å²) < 4.78 is 28.4. The van der Waals surface area contributed by atoms with E-state index in [1.165, 1.54) is 18.5 Å². The number of carbonyl (C=O) groups excluding carboxylic acids is 1. The van der Waals surface area contributed by atoms with Crippen molar-refractivity contribution in [2.24, 2.45) is 0 Å². The van der Waals surface area contributed by atoms with Crippen LogP contribution in [0.3, 0.4) is 0 Å². The fraction of sp³-hybridized carbons (Fsp3) is 0.235. The number of aromatic nitrogens is 2. The molecule has 0 aliphatic carbocycles. The molecule has 2 aromatic heterocycles. The van der Waals surface area contributed by atoms with Crippen molar-refractivity contribution in [3.05, 3.63) is 57.8 Å². The molecule has 2 heterocycles. The van der Waals surface area contributed by atoms with Gasteiger partial charge in [0.25, 0.3) is 11.5 Å². The standard InChI is InChI=1S/C17H17N3O5S/c1-9(11-4-6-12(7-5-11)26(3,23)24)20-16(22)13-10(2)25-17-14(13)15(21)18-8-19-17/h4-9H,1-3H3,(H,20,22)(H,18,19,21)/t9-/m0/s1. The molecule has 3 aromatic rings. The Balaban J connectivity index is 1.89. The molecule has 0 saturated heterocycles. The average Bonchev–Trinajstić information content (AvgIpc) is 2.91. The van der Waals surface area contributed by atoms with E-state index in [9.17, 15) is 18.0 Å². The summed E-state index contributed by atoms with van der Waals surface area (Å²) in [4.78, 5) is 31.2. The topological polar surface area (TPSA) is 122 Å². The molecule has 0 unspecified atom stereocenters. The molecule has 0 spiro atoms. The highest BCUT2D eigenvalue weighted by Crippen LogP contribution is 2.22. The van der Waals surface area contributed by atoms with Crippen LogP contribution in [0.5, 0.6) is 0 Å². The number of hydrogen-bond donors (Lipinski definition) is 2. The Hall–Kier alpha value is -2.94. The Morgan fingerprint density at radius 3 is 2.54 bits per heavy atom. The van der Waals surface area contributed by atoms with E-state index in [-0.39, 0.29) is 21.6 Å². The lowest BCUT2D eigenvalue weighted by molar-refractivity contribution is 0.0939. The maximum atomic E-state index is 12.7. The van der Waals surface area contributed by atoms with Crippen molar-refractivity contribution in [2.75, 3.05) is 6.26 Å². The van der Waals surface area contributed by atoms with Gasteiger partial charge in [-0.15, -0.1) is 0 Å². The third-order valence-electron chi connectivity index (χ3n) is 4.05. The number of nitrogens with zero attached hydrogens (tertiary/aromatic N) is 1. The van der Waals surface area contributed by atoms with Crippen molar-refractivity contribution in [1.29, 1.82) is 0 Å². The molecule has 136 valence electrons. The zero-order valence-electron chi connectivity index (χ0n) is 14.4. The van der Waals surface area contributed by atoms with Gasteiger partial charge < -0.3 is 14.7 Å².